The largest absolute Gasteiger partial charge is 0.385 e. The second-order valence-electron chi connectivity index (χ2n) is 7.50. The highest BCUT2D eigenvalue weighted by Gasteiger charge is 2.12. The topological polar surface area (TPSA) is 79.0 Å². The lowest BCUT2D eigenvalue weighted by Crippen LogP contribution is -2.01. The Labute approximate surface area is 179 Å². The van der Waals surface area contributed by atoms with Gasteiger partial charge in [-0.15, -0.1) is 0 Å². The van der Waals surface area contributed by atoms with Gasteiger partial charge in [-0.1, -0.05) is 76.2 Å². The normalized spacial score (nSPS) is 10.8. The summed E-state index contributed by atoms with van der Waals surface area (Å²) in [5.74, 6) is 0. The van der Waals surface area contributed by atoms with Crippen LogP contribution in [0.15, 0.2) is 42.5 Å². The second kappa shape index (κ2) is 13.2. The number of nitro groups is 1. The van der Waals surface area contributed by atoms with E-state index in [1.165, 1.54) is 63.5 Å². The van der Waals surface area contributed by atoms with Crippen LogP contribution in [0.3, 0.4) is 0 Å². The van der Waals surface area contributed by atoms with Crippen molar-refractivity contribution in [1.82, 2.24) is 0 Å². The Morgan fingerprint density at radius 1 is 0.933 bits per heavy atom. The molecule has 0 radical (unpaired) electrons. The third-order valence-electron chi connectivity index (χ3n) is 5.08. The fourth-order valence-electron chi connectivity index (χ4n) is 3.30. The maximum absolute atomic E-state index is 10.9. The molecule has 0 saturated carbocycles. The average molecular weight is 406 g/mol. The molecule has 0 atom stereocenters. The van der Waals surface area contributed by atoms with Crippen LogP contribution in [0.1, 0.15) is 75.0 Å². The predicted octanol–water partition coefficient (Wildman–Crippen LogP) is 7.19. The van der Waals surface area contributed by atoms with Gasteiger partial charge in [-0.2, -0.15) is 5.26 Å². The molecule has 0 aromatic heterocycles. The molecule has 5 nitrogen and oxygen atoms in total. The summed E-state index contributed by atoms with van der Waals surface area (Å²) in [4.78, 5) is 10.4. The van der Waals surface area contributed by atoms with Crippen molar-refractivity contribution in [3.8, 4) is 6.07 Å². The Balaban J connectivity index is 1.75. The lowest BCUT2D eigenvalue weighted by Gasteiger charge is -2.07. The summed E-state index contributed by atoms with van der Waals surface area (Å²) in [6.07, 6.45) is 14.3. The highest BCUT2D eigenvalue weighted by Crippen LogP contribution is 2.21. The molecule has 0 fully saturated rings. The summed E-state index contributed by atoms with van der Waals surface area (Å²) >= 11 is 0. The van der Waals surface area contributed by atoms with E-state index in [0.717, 1.165) is 23.4 Å². The zero-order valence-corrected chi connectivity index (χ0v) is 17.8. The molecule has 0 aliphatic heterocycles. The Hall–Kier alpha value is -3.13. The van der Waals surface area contributed by atoms with Crippen molar-refractivity contribution in [2.24, 2.45) is 0 Å². The van der Waals surface area contributed by atoms with Crippen molar-refractivity contribution < 1.29 is 4.92 Å². The quantitative estimate of drug-likeness (QED) is 0.165. The van der Waals surface area contributed by atoms with Gasteiger partial charge in [0.25, 0.3) is 5.69 Å². The number of anilines is 1. The van der Waals surface area contributed by atoms with Crippen molar-refractivity contribution >= 4 is 23.5 Å². The van der Waals surface area contributed by atoms with Gasteiger partial charge in [-0.25, -0.2) is 0 Å². The van der Waals surface area contributed by atoms with Crippen molar-refractivity contribution in [2.75, 3.05) is 11.9 Å². The monoisotopic (exact) mass is 405 g/mol. The number of nitrogens with zero attached hydrogens (tertiary/aromatic N) is 2. The second-order valence-corrected chi connectivity index (χ2v) is 7.50. The van der Waals surface area contributed by atoms with Crippen molar-refractivity contribution in [3.63, 3.8) is 0 Å². The molecule has 5 heteroatoms. The van der Waals surface area contributed by atoms with E-state index in [9.17, 15) is 10.1 Å². The van der Waals surface area contributed by atoms with Gasteiger partial charge in [0.15, 0.2) is 0 Å². The van der Waals surface area contributed by atoms with Crippen LogP contribution in [-0.4, -0.2) is 11.5 Å². The first-order valence-electron chi connectivity index (χ1n) is 10.8. The number of unbranched alkanes of at least 4 members (excludes halogenated alkanes) is 7. The molecule has 0 aliphatic rings. The minimum atomic E-state index is -0.536. The third kappa shape index (κ3) is 8.08. The summed E-state index contributed by atoms with van der Waals surface area (Å²) in [5, 5.41) is 23.5. The van der Waals surface area contributed by atoms with Crippen LogP contribution in [0, 0.1) is 21.4 Å². The number of hydrogen-bond donors (Lipinski definition) is 1. The van der Waals surface area contributed by atoms with E-state index in [2.05, 4.69) is 24.4 Å². The van der Waals surface area contributed by atoms with Crippen LogP contribution < -0.4 is 5.32 Å². The maximum atomic E-state index is 10.9. The number of benzene rings is 2. The minimum Gasteiger partial charge on any atom is -0.385 e. The molecule has 0 spiro atoms. The summed E-state index contributed by atoms with van der Waals surface area (Å²) in [6.45, 7) is 3.24. The molecule has 30 heavy (non-hydrogen) atoms. The van der Waals surface area contributed by atoms with Crippen LogP contribution in [0.2, 0.25) is 0 Å². The van der Waals surface area contributed by atoms with Crippen molar-refractivity contribution in [3.05, 3.63) is 69.3 Å². The molecule has 0 heterocycles. The number of hydrogen-bond acceptors (Lipinski definition) is 4. The predicted molar refractivity (Wildman–Crippen MR) is 124 cm³/mol. The van der Waals surface area contributed by atoms with Gasteiger partial charge in [-0.3, -0.25) is 10.1 Å². The maximum Gasteiger partial charge on any atom is 0.287 e. The summed E-state index contributed by atoms with van der Waals surface area (Å²) in [5.41, 5.74) is 2.81. The molecular formula is C25H31N3O2. The standard InChI is InChI=1S/C25H31N3O2/c1-2-3-4-5-6-7-8-9-18-27-24-15-12-21(13-16-24)10-11-22-14-17-25(28(29)30)23(19-22)20-26/h10-17,19,27H,2-9,18H2,1H3. The van der Waals surface area contributed by atoms with E-state index in [1.54, 1.807) is 6.07 Å². The SMILES string of the molecule is CCCCCCCCCCNc1ccc(C=Cc2ccc([N+](=O)[O-])c(C#N)c2)cc1. The number of nitrogens with one attached hydrogen (secondary N) is 1. The lowest BCUT2D eigenvalue weighted by atomic mass is 10.1. The zero-order valence-electron chi connectivity index (χ0n) is 17.8. The molecule has 2 aromatic rings. The zero-order chi connectivity index (χ0) is 21.6. The number of nitro benzene ring substituents is 1. The van der Waals surface area contributed by atoms with Gasteiger partial charge in [0.2, 0.25) is 0 Å². The molecule has 1 N–H and O–H groups in total. The molecule has 0 aliphatic carbocycles. The molecular weight excluding hydrogens is 374 g/mol. The molecule has 0 saturated heterocycles. The van der Waals surface area contributed by atoms with Crippen LogP contribution in [-0.2, 0) is 0 Å². The van der Waals surface area contributed by atoms with E-state index in [4.69, 9.17) is 5.26 Å². The highest BCUT2D eigenvalue weighted by molar-refractivity contribution is 5.72. The third-order valence-corrected chi connectivity index (χ3v) is 5.08. The van der Waals surface area contributed by atoms with Gasteiger partial charge >= 0.3 is 0 Å². The number of nitriles is 1. The minimum absolute atomic E-state index is 0.0719. The average Bonchev–Trinajstić information content (AvgIpc) is 2.77. The highest BCUT2D eigenvalue weighted by atomic mass is 16.6. The van der Waals surface area contributed by atoms with Crippen molar-refractivity contribution in [2.45, 2.75) is 58.3 Å². The van der Waals surface area contributed by atoms with E-state index < -0.39 is 4.92 Å². The molecule has 2 rings (SSSR count). The van der Waals surface area contributed by atoms with E-state index in [-0.39, 0.29) is 11.3 Å². The van der Waals surface area contributed by atoms with Crippen LogP contribution in [0.5, 0.6) is 0 Å². The summed E-state index contributed by atoms with van der Waals surface area (Å²) in [6, 6.07) is 14.6. The fourth-order valence-corrected chi connectivity index (χ4v) is 3.30. The molecule has 0 bridgehead atoms. The molecule has 158 valence electrons. The Morgan fingerprint density at radius 3 is 2.17 bits per heavy atom. The van der Waals surface area contributed by atoms with Crippen LogP contribution in [0.25, 0.3) is 12.2 Å². The van der Waals surface area contributed by atoms with Gasteiger partial charge < -0.3 is 5.32 Å². The van der Waals surface area contributed by atoms with Gasteiger partial charge in [-0.05, 0) is 41.8 Å². The Morgan fingerprint density at radius 2 is 1.53 bits per heavy atom. The van der Waals surface area contributed by atoms with Gasteiger partial charge in [0.1, 0.15) is 11.6 Å². The van der Waals surface area contributed by atoms with Gasteiger partial charge in [0.05, 0.1) is 4.92 Å². The lowest BCUT2D eigenvalue weighted by molar-refractivity contribution is -0.385. The molecule has 0 unspecified atom stereocenters. The van der Waals surface area contributed by atoms with Gasteiger partial charge in [0, 0.05) is 18.3 Å². The number of rotatable bonds is 13. The first-order valence-corrected chi connectivity index (χ1v) is 10.8. The van der Waals surface area contributed by atoms with E-state index in [1.807, 2.05) is 30.4 Å². The first-order chi connectivity index (χ1) is 14.6. The molecule has 0 amide bonds. The Kier molecular flexibility index (Phi) is 10.2. The fraction of sp³-hybridized carbons (Fsp3) is 0.400. The van der Waals surface area contributed by atoms with Crippen LogP contribution in [0.4, 0.5) is 11.4 Å². The first kappa shape index (κ1) is 23.2. The smallest absolute Gasteiger partial charge is 0.287 e. The van der Waals surface area contributed by atoms with Crippen molar-refractivity contribution in [1.29, 1.82) is 5.26 Å². The van der Waals surface area contributed by atoms with E-state index >= 15 is 0 Å². The Bertz CT molecular complexity index is 867. The van der Waals surface area contributed by atoms with Crippen LogP contribution >= 0.6 is 0 Å². The summed E-state index contributed by atoms with van der Waals surface area (Å²) in [7, 11) is 0. The van der Waals surface area contributed by atoms with E-state index in [0.29, 0.717) is 0 Å². The summed E-state index contributed by atoms with van der Waals surface area (Å²) < 4.78 is 0. The molecule has 2 aromatic carbocycles.